The number of nitrogens with zero attached hydrogens (tertiary/aromatic N) is 1. The van der Waals surface area contributed by atoms with E-state index in [2.05, 4.69) is 4.98 Å². The molecule has 0 fully saturated rings. The molecule has 3 rings (SSSR count). The van der Waals surface area contributed by atoms with Gasteiger partial charge in [-0.25, -0.2) is 14.6 Å². The number of ether oxygens (including phenoxy) is 1. The van der Waals surface area contributed by atoms with Crippen LogP contribution >= 0.6 is 11.3 Å². The summed E-state index contributed by atoms with van der Waals surface area (Å²) in [4.78, 5) is 36.9. The Balaban J connectivity index is 1.60. The summed E-state index contributed by atoms with van der Waals surface area (Å²) in [5, 5.41) is 12.9. The first kappa shape index (κ1) is 19.3. The van der Waals surface area contributed by atoms with Gasteiger partial charge < -0.3 is 9.84 Å². The molecule has 0 spiro atoms. The second-order valence-electron chi connectivity index (χ2n) is 5.94. The number of carbonyl (C=O) groups excluding carboxylic acids is 3. The van der Waals surface area contributed by atoms with Gasteiger partial charge in [-0.1, -0.05) is 6.07 Å². The summed E-state index contributed by atoms with van der Waals surface area (Å²) in [6.07, 6.45) is 1.93. The number of aromatic hydroxyl groups is 1. The van der Waals surface area contributed by atoms with Crippen molar-refractivity contribution >= 4 is 29.5 Å². The molecule has 7 heteroatoms. The van der Waals surface area contributed by atoms with E-state index in [4.69, 9.17) is 4.74 Å². The average molecular weight is 393 g/mol. The molecule has 2 aromatic carbocycles. The normalized spacial score (nSPS) is 10.1. The largest absolute Gasteiger partial charge is 0.507 e. The minimum atomic E-state index is -0.128. The molecule has 0 atom stereocenters. The van der Waals surface area contributed by atoms with Crippen molar-refractivity contribution < 1.29 is 24.2 Å². The predicted octanol–water partition coefficient (Wildman–Crippen LogP) is 1.03. The van der Waals surface area contributed by atoms with E-state index in [1.54, 1.807) is 36.1 Å². The summed E-state index contributed by atoms with van der Waals surface area (Å²) in [6, 6.07) is 9.48. The Morgan fingerprint density at radius 1 is 1.07 bits per heavy atom. The Bertz CT molecular complexity index is 1170. The zero-order valence-electron chi connectivity index (χ0n) is 14.7. The predicted molar refractivity (Wildman–Crippen MR) is 103 cm³/mol. The number of aromatic nitrogens is 1. The van der Waals surface area contributed by atoms with Crippen LogP contribution in [-0.4, -0.2) is 28.3 Å². The first-order valence-corrected chi connectivity index (χ1v) is 9.24. The Hall–Kier alpha value is -3.50. The maximum absolute atomic E-state index is 10.9. The molecule has 0 saturated heterocycles. The highest BCUT2D eigenvalue weighted by atomic mass is 32.1. The van der Waals surface area contributed by atoms with E-state index < -0.39 is 0 Å². The van der Waals surface area contributed by atoms with Crippen LogP contribution < -0.4 is 15.2 Å². The number of rotatable bonds is 7. The van der Waals surface area contributed by atoms with E-state index in [1.165, 1.54) is 23.5 Å². The van der Waals surface area contributed by atoms with E-state index in [0.717, 1.165) is 16.3 Å². The van der Waals surface area contributed by atoms with Crippen LogP contribution in [0.5, 0.6) is 11.5 Å². The van der Waals surface area contributed by atoms with E-state index in [-0.39, 0.29) is 28.4 Å². The zero-order chi connectivity index (χ0) is 19.9. The Morgan fingerprint density at radius 2 is 1.89 bits per heavy atom. The fourth-order valence-corrected chi connectivity index (χ4v) is 3.35. The van der Waals surface area contributed by atoms with Gasteiger partial charge in [0.25, 0.3) is 0 Å². The van der Waals surface area contributed by atoms with E-state index in [0.29, 0.717) is 24.9 Å². The summed E-state index contributed by atoms with van der Waals surface area (Å²) >= 11 is 1.50. The summed E-state index contributed by atoms with van der Waals surface area (Å²) in [5.41, 5.74) is 1.88. The lowest BCUT2D eigenvalue weighted by Gasteiger charge is -2.05. The van der Waals surface area contributed by atoms with Crippen molar-refractivity contribution in [3.05, 3.63) is 74.0 Å². The van der Waals surface area contributed by atoms with E-state index >= 15 is 0 Å². The van der Waals surface area contributed by atoms with Gasteiger partial charge in [-0.05, 0) is 36.2 Å². The number of hydrogen-bond acceptors (Lipinski definition) is 7. The first-order chi connectivity index (χ1) is 13.6. The SMILES string of the molecule is O=C=c1ccc(CCc2nc(COc3ccc(C=O)c(O)c3)cs2)cc1=C=O. The number of aldehydes is 1. The average Bonchev–Trinajstić information content (AvgIpc) is 3.18. The number of phenolic OH excluding ortho intramolecular Hbond substituents is 1. The number of phenols is 1. The molecule has 6 nitrogen and oxygen atoms in total. The van der Waals surface area contributed by atoms with Gasteiger partial charge in [-0.15, -0.1) is 11.3 Å². The fraction of sp³-hybridized carbons (Fsp3) is 0.143. The molecule has 1 heterocycles. The highest BCUT2D eigenvalue weighted by molar-refractivity contribution is 7.09. The van der Waals surface area contributed by atoms with Crippen LogP contribution in [0, 0.1) is 0 Å². The van der Waals surface area contributed by atoms with Crippen LogP contribution in [0.2, 0.25) is 0 Å². The molecule has 0 aliphatic rings. The van der Waals surface area contributed by atoms with Gasteiger partial charge in [-0.3, -0.25) is 4.79 Å². The van der Waals surface area contributed by atoms with Crippen LogP contribution in [0.3, 0.4) is 0 Å². The molecular formula is C21H15NO5S. The van der Waals surface area contributed by atoms with Crippen molar-refractivity contribution in [2.75, 3.05) is 0 Å². The second kappa shape index (κ2) is 8.93. The Kier molecular flexibility index (Phi) is 6.14. The highest BCUT2D eigenvalue weighted by Gasteiger charge is 2.06. The van der Waals surface area contributed by atoms with Crippen molar-refractivity contribution in [2.45, 2.75) is 19.4 Å². The molecular weight excluding hydrogens is 378 g/mol. The third-order valence-corrected chi connectivity index (χ3v) is 5.00. The molecule has 1 aromatic heterocycles. The smallest absolute Gasteiger partial charge is 0.153 e. The molecule has 1 N–H and O–H groups in total. The third kappa shape index (κ3) is 4.61. The van der Waals surface area contributed by atoms with Crippen LogP contribution in [0.4, 0.5) is 0 Å². The summed E-state index contributed by atoms with van der Waals surface area (Å²) < 4.78 is 5.59. The Morgan fingerprint density at radius 3 is 2.61 bits per heavy atom. The molecule has 0 amide bonds. The van der Waals surface area contributed by atoms with Gasteiger partial charge in [0.05, 0.1) is 26.7 Å². The fourth-order valence-electron chi connectivity index (χ4n) is 2.57. The standard InChI is InChI=1S/C21H15NO5S/c23-9-15-3-1-14(7-17(15)11-25)2-6-21-22-18(13-28-21)12-27-19-5-4-16(10-24)20(26)8-19/h1,3-5,7-8,10,13,26H,2,6,12H2. The van der Waals surface area contributed by atoms with E-state index in [1.807, 2.05) is 5.38 Å². The third-order valence-electron chi connectivity index (χ3n) is 4.05. The van der Waals surface area contributed by atoms with Gasteiger partial charge in [0.2, 0.25) is 0 Å². The van der Waals surface area contributed by atoms with Crippen LogP contribution in [0.25, 0.3) is 0 Å². The number of hydrogen-bond donors (Lipinski definition) is 1. The van der Waals surface area contributed by atoms with Crippen molar-refractivity contribution in [1.82, 2.24) is 4.98 Å². The first-order valence-electron chi connectivity index (χ1n) is 8.36. The molecule has 0 aliphatic carbocycles. The molecule has 0 saturated carbocycles. The highest BCUT2D eigenvalue weighted by Crippen LogP contribution is 2.23. The topological polar surface area (TPSA) is 93.6 Å². The van der Waals surface area contributed by atoms with Crippen molar-refractivity contribution in [3.63, 3.8) is 0 Å². The van der Waals surface area contributed by atoms with E-state index in [9.17, 15) is 19.5 Å². The molecule has 0 aliphatic heterocycles. The Labute approximate surface area is 164 Å². The number of benzene rings is 2. The molecule has 0 bridgehead atoms. The summed E-state index contributed by atoms with van der Waals surface area (Å²) in [7, 11) is 0. The minimum Gasteiger partial charge on any atom is -0.507 e. The lowest BCUT2D eigenvalue weighted by molar-refractivity contribution is 0.112. The minimum absolute atomic E-state index is 0.128. The van der Waals surface area contributed by atoms with Crippen molar-refractivity contribution in [2.24, 2.45) is 0 Å². The zero-order valence-corrected chi connectivity index (χ0v) is 15.5. The monoisotopic (exact) mass is 393 g/mol. The number of thiazole rings is 1. The van der Waals surface area contributed by atoms with Gasteiger partial charge in [0.15, 0.2) is 6.29 Å². The van der Waals surface area contributed by atoms with Crippen LogP contribution in [-0.2, 0) is 29.0 Å². The van der Waals surface area contributed by atoms with Gasteiger partial charge >= 0.3 is 0 Å². The lowest BCUT2D eigenvalue weighted by atomic mass is 10.1. The number of aryl methyl sites for hydroxylation is 2. The molecule has 28 heavy (non-hydrogen) atoms. The van der Waals surface area contributed by atoms with Gasteiger partial charge in [0, 0.05) is 17.9 Å². The maximum atomic E-state index is 10.9. The van der Waals surface area contributed by atoms with Gasteiger partial charge in [0.1, 0.15) is 30.0 Å². The lowest BCUT2D eigenvalue weighted by Crippen LogP contribution is -2.27. The maximum Gasteiger partial charge on any atom is 0.153 e. The molecule has 0 unspecified atom stereocenters. The molecule has 140 valence electrons. The second-order valence-corrected chi connectivity index (χ2v) is 6.89. The number of carbonyl (C=O) groups is 1. The van der Waals surface area contributed by atoms with Crippen LogP contribution in [0.1, 0.15) is 26.6 Å². The summed E-state index contributed by atoms with van der Waals surface area (Å²) in [5.74, 6) is 3.79. The quantitative estimate of drug-likeness (QED) is 0.603. The molecule has 0 radical (unpaired) electrons. The summed E-state index contributed by atoms with van der Waals surface area (Å²) in [6.45, 7) is 0.241. The van der Waals surface area contributed by atoms with Crippen molar-refractivity contribution in [3.8, 4) is 11.5 Å². The van der Waals surface area contributed by atoms with Crippen molar-refractivity contribution in [1.29, 1.82) is 0 Å². The van der Waals surface area contributed by atoms with Crippen LogP contribution in [0.15, 0.2) is 41.8 Å². The van der Waals surface area contributed by atoms with Gasteiger partial charge in [-0.2, -0.15) is 0 Å². The molecule has 3 aromatic rings.